The van der Waals surface area contributed by atoms with E-state index in [2.05, 4.69) is 30.1 Å². The van der Waals surface area contributed by atoms with E-state index in [4.69, 9.17) is 4.74 Å². The predicted molar refractivity (Wildman–Crippen MR) is 64.5 cm³/mol. The highest BCUT2D eigenvalue weighted by Crippen LogP contribution is 2.22. The second-order valence-corrected chi connectivity index (χ2v) is 4.31. The first kappa shape index (κ1) is 12.2. The largest absolute Gasteiger partial charge is 0.480 e. The van der Waals surface area contributed by atoms with Crippen LogP contribution in [0.15, 0.2) is 18.2 Å². The van der Waals surface area contributed by atoms with E-state index in [-0.39, 0.29) is 0 Å². The molecule has 1 atom stereocenters. The summed E-state index contributed by atoms with van der Waals surface area (Å²) in [4.78, 5) is 1.19. The van der Waals surface area contributed by atoms with Crippen molar-refractivity contribution in [1.82, 2.24) is 9.69 Å². The van der Waals surface area contributed by atoms with Crippen molar-refractivity contribution in [2.75, 3.05) is 13.7 Å². The molecule has 1 heterocycles. The van der Waals surface area contributed by atoms with Gasteiger partial charge in [-0.15, -0.1) is 0 Å². The Morgan fingerprint density at radius 2 is 2.47 bits per heavy atom. The van der Waals surface area contributed by atoms with Crippen molar-refractivity contribution in [2.24, 2.45) is 0 Å². The van der Waals surface area contributed by atoms with Crippen LogP contribution in [-0.2, 0) is 0 Å². The summed E-state index contributed by atoms with van der Waals surface area (Å²) in [5, 5.41) is 3.40. The van der Waals surface area contributed by atoms with E-state index in [1.54, 1.807) is 7.11 Å². The Balaban J connectivity index is 2.46. The van der Waals surface area contributed by atoms with Crippen LogP contribution in [0.25, 0.3) is 0 Å². The molecule has 1 N–H and O–H groups in total. The van der Waals surface area contributed by atoms with Gasteiger partial charge in [-0.3, -0.25) is 0 Å². The molecule has 3 nitrogen and oxygen atoms in total. The molecule has 0 aromatic carbocycles. The van der Waals surface area contributed by atoms with Crippen molar-refractivity contribution in [2.45, 2.75) is 26.3 Å². The molecule has 1 unspecified atom stereocenters. The summed E-state index contributed by atoms with van der Waals surface area (Å²) in [5.41, 5.74) is 1.22. The van der Waals surface area contributed by atoms with Gasteiger partial charge in [-0.25, -0.2) is 0 Å². The van der Waals surface area contributed by atoms with Crippen molar-refractivity contribution >= 4 is 11.5 Å². The number of nitrogens with zero attached hydrogens (tertiary/aromatic N) is 1. The molecule has 1 aromatic rings. The van der Waals surface area contributed by atoms with Crippen LogP contribution in [0.5, 0.6) is 5.88 Å². The van der Waals surface area contributed by atoms with E-state index in [1.807, 2.05) is 6.07 Å². The molecule has 0 saturated carbocycles. The van der Waals surface area contributed by atoms with Gasteiger partial charge < -0.3 is 10.1 Å². The fourth-order valence-electron chi connectivity index (χ4n) is 1.10. The van der Waals surface area contributed by atoms with Crippen LogP contribution in [-0.4, -0.2) is 18.0 Å². The Morgan fingerprint density at radius 1 is 1.73 bits per heavy atom. The number of hydrogen-bond donors (Lipinski definition) is 1. The third kappa shape index (κ3) is 3.64. The number of aromatic nitrogens is 1. The molecule has 15 heavy (non-hydrogen) atoms. The molecule has 4 heteroatoms. The highest BCUT2D eigenvalue weighted by molar-refractivity contribution is 7.06. The summed E-state index contributed by atoms with van der Waals surface area (Å²) in [6.07, 6.45) is 1.02. The third-order valence-corrected chi connectivity index (χ3v) is 3.25. The molecule has 0 aliphatic heterocycles. The van der Waals surface area contributed by atoms with Gasteiger partial charge in [0.25, 0.3) is 0 Å². The average Bonchev–Trinajstić information content (AvgIpc) is 2.73. The van der Waals surface area contributed by atoms with Gasteiger partial charge in [-0.05, 0) is 24.9 Å². The number of ether oxygens (including phenoxy) is 1. The molecule has 84 valence electrons. The number of nitrogens with one attached hydrogen (secondary N) is 1. The topological polar surface area (TPSA) is 34.1 Å². The Kier molecular flexibility index (Phi) is 4.78. The highest BCUT2D eigenvalue weighted by Gasteiger charge is 2.09. The first-order valence-corrected chi connectivity index (χ1v) is 5.85. The lowest BCUT2D eigenvalue weighted by Gasteiger charge is -2.11. The summed E-state index contributed by atoms with van der Waals surface area (Å²) in [5.74, 6) is 0.693. The van der Waals surface area contributed by atoms with E-state index in [0.717, 1.165) is 13.0 Å². The summed E-state index contributed by atoms with van der Waals surface area (Å²) < 4.78 is 9.21. The van der Waals surface area contributed by atoms with Crippen LogP contribution in [0, 0.1) is 0 Å². The molecule has 1 aromatic heterocycles. The zero-order chi connectivity index (χ0) is 11.3. The Bertz CT molecular complexity index is 322. The van der Waals surface area contributed by atoms with Crippen LogP contribution < -0.4 is 10.1 Å². The monoisotopic (exact) mass is 226 g/mol. The maximum absolute atomic E-state index is 5.05. The Morgan fingerprint density at radius 3 is 3.00 bits per heavy atom. The summed E-state index contributed by atoms with van der Waals surface area (Å²) in [6, 6.07) is 2.27. The Hall–Kier alpha value is -0.870. The van der Waals surface area contributed by atoms with Crippen molar-refractivity contribution in [3.05, 3.63) is 23.1 Å². The van der Waals surface area contributed by atoms with Crippen LogP contribution in [0.1, 0.15) is 31.2 Å². The lowest BCUT2D eigenvalue weighted by atomic mass is 10.2. The molecule has 0 saturated heterocycles. The van der Waals surface area contributed by atoms with Gasteiger partial charge in [-0.1, -0.05) is 19.1 Å². The molecule has 0 spiro atoms. The summed E-state index contributed by atoms with van der Waals surface area (Å²) in [7, 11) is 1.63. The van der Waals surface area contributed by atoms with Gasteiger partial charge in [0.1, 0.15) is 0 Å². The molecular weight excluding hydrogens is 208 g/mol. The van der Waals surface area contributed by atoms with E-state index < -0.39 is 0 Å². The van der Waals surface area contributed by atoms with Crippen molar-refractivity contribution in [3.63, 3.8) is 0 Å². The molecule has 0 bridgehead atoms. The first-order chi connectivity index (χ1) is 7.17. The smallest absolute Gasteiger partial charge is 0.225 e. The average molecular weight is 226 g/mol. The molecule has 0 aliphatic rings. The van der Waals surface area contributed by atoms with E-state index in [1.165, 1.54) is 22.0 Å². The molecule has 0 aliphatic carbocycles. The predicted octanol–water partition coefficient (Wildman–Crippen LogP) is 2.77. The van der Waals surface area contributed by atoms with Gasteiger partial charge in [0.15, 0.2) is 0 Å². The van der Waals surface area contributed by atoms with Gasteiger partial charge in [-0.2, -0.15) is 4.37 Å². The molecule has 1 rings (SSSR count). The number of rotatable bonds is 6. The molecule has 0 radical (unpaired) electrons. The quantitative estimate of drug-likeness (QED) is 0.757. The Labute approximate surface area is 95.3 Å². The second-order valence-electron chi connectivity index (χ2n) is 3.48. The van der Waals surface area contributed by atoms with Crippen LogP contribution >= 0.6 is 11.5 Å². The fraction of sp³-hybridized carbons (Fsp3) is 0.545. The minimum Gasteiger partial charge on any atom is -0.480 e. The SMILES string of the molecule is C=C(CC)CNC(C)c1cc(OC)ns1. The number of hydrogen-bond acceptors (Lipinski definition) is 4. The minimum atomic E-state index is 0.301. The number of methoxy groups -OCH3 is 1. The zero-order valence-corrected chi connectivity index (χ0v) is 10.4. The van der Waals surface area contributed by atoms with Gasteiger partial charge in [0.2, 0.25) is 5.88 Å². The summed E-state index contributed by atoms with van der Waals surface area (Å²) in [6.45, 7) is 9.06. The molecular formula is C11H18N2OS. The van der Waals surface area contributed by atoms with Gasteiger partial charge >= 0.3 is 0 Å². The third-order valence-electron chi connectivity index (χ3n) is 2.30. The summed E-state index contributed by atoms with van der Waals surface area (Å²) >= 11 is 1.47. The lowest BCUT2D eigenvalue weighted by Crippen LogP contribution is -2.19. The fourth-order valence-corrected chi connectivity index (χ4v) is 1.81. The standard InChI is InChI=1S/C11H18N2OS/c1-5-8(2)7-12-9(3)10-6-11(14-4)13-15-10/h6,9,12H,2,5,7H2,1,3-4H3. The maximum Gasteiger partial charge on any atom is 0.225 e. The van der Waals surface area contributed by atoms with Crippen LogP contribution in [0.4, 0.5) is 0 Å². The van der Waals surface area contributed by atoms with Crippen LogP contribution in [0.2, 0.25) is 0 Å². The zero-order valence-electron chi connectivity index (χ0n) is 9.54. The van der Waals surface area contributed by atoms with Gasteiger partial charge in [0.05, 0.1) is 7.11 Å². The van der Waals surface area contributed by atoms with Crippen molar-refractivity contribution < 1.29 is 4.74 Å². The molecule has 0 fully saturated rings. The second kappa shape index (κ2) is 5.88. The van der Waals surface area contributed by atoms with E-state index in [0.29, 0.717) is 11.9 Å². The minimum absolute atomic E-state index is 0.301. The van der Waals surface area contributed by atoms with Crippen LogP contribution in [0.3, 0.4) is 0 Å². The van der Waals surface area contributed by atoms with Gasteiger partial charge in [0, 0.05) is 23.5 Å². The van der Waals surface area contributed by atoms with E-state index >= 15 is 0 Å². The van der Waals surface area contributed by atoms with E-state index in [9.17, 15) is 0 Å². The normalized spacial score (nSPS) is 12.5. The highest BCUT2D eigenvalue weighted by atomic mass is 32.1. The van der Waals surface area contributed by atoms with Crippen molar-refractivity contribution in [3.8, 4) is 5.88 Å². The lowest BCUT2D eigenvalue weighted by molar-refractivity contribution is 0.402. The van der Waals surface area contributed by atoms with Crippen molar-refractivity contribution in [1.29, 1.82) is 0 Å². The molecule has 0 amide bonds. The first-order valence-electron chi connectivity index (χ1n) is 5.08. The maximum atomic E-state index is 5.05.